The molecule has 6 nitrogen and oxygen atoms in total. The lowest BCUT2D eigenvalue weighted by Crippen LogP contribution is -2.36. The molecule has 122 valence electrons. The van der Waals surface area contributed by atoms with Crippen molar-refractivity contribution in [1.29, 1.82) is 0 Å². The summed E-state index contributed by atoms with van der Waals surface area (Å²) in [7, 11) is 1.69. The van der Waals surface area contributed by atoms with Crippen LogP contribution in [0.5, 0.6) is 11.5 Å². The van der Waals surface area contributed by atoms with Gasteiger partial charge in [-0.3, -0.25) is 0 Å². The van der Waals surface area contributed by atoms with Crippen LogP contribution in [0.2, 0.25) is 0 Å². The number of benzene rings is 1. The molecule has 0 aromatic heterocycles. The topological polar surface area (TPSA) is 51.2 Å². The van der Waals surface area contributed by atoms with Gasteiger partial charge in [-0.25, -0.2) is 13.4 Å². The summed E-state index contributed by atoms with van der Waals surface area (Å²) in [5, 5.41) is 0. The van der Waals surface area contributed by atoms with Crippen LogP contribution in [-0.4, -0.2) is 54.2 Å². The van der Waals surface area contributed by atoms with Crippen LogP contribution < -0.4 is 9.47 Å². The highest BCUT2D eigenvalue weighted by Crippen LogP contribution is 2.28. The summed E-state index contributed by atoms with van der Waals surface area (Å²) in [6.45, 7) is 6.80. The molecule has 0 spiro atoms. The largest absolute Gasteiger partial charge is 0.487 e. The first kappa shape index (κ1) is 16.9. The molecule has 1 saturated heterocycles. The van der Waals surface area contributed by atoms with Crippen LogP contribution in [0.1, 0.15) is 13.8 Å². The Balaban J connectivity index is 1.93. The predicted octanol–water partition coefficient (Wildman–Crippen LogP) is 2.80. The van der Waals surface area contributed by atoms with E-state index >= 15 is 0 Å². The van der Waals surface area contributed by atoms with Gasteiger partial charge in [0.25, 0.3) is 0 Å². The first-order chi connectivity index (χ1) is 10.6. The van der Waals surface area contributed by atoms with Crippen molar-refractivity contribution in [2.75, 3.05) is 33.4 Å². The minimum absolute atomic E-state index is 0.0142. The normalized spacial score (nSPS) is 15.6. The second kappa shape index (κ2) is 8.26. The number of hydrogen-bond acceptors (Lipinski definition) is 6. The molecule has 1 aromatic carbocycles. The smallest absolute Gasteiger partial charge is 0.426 e. The molecule has 7 heteroatoms. The molecule has 1 amide bonds. The Bertz CT molecular complexity index is 492. The van der Waals surface area contributed by atoms with Gasteiger partial charge in [0.2, 0.25) is 0 Å². The van der Waals surface area contributed by atoms with Crippen LogP contribution in [0.4, 0.5) is 4.79 Å². The molecule has 1 fully saturated rings. The van der Waals surface area contributed by atoms with Gasteiger partial charge in [0.1, 0.15) is 0 Å². The standard InChI is InChI=1S/C15H22N2O4S/c1-12(2)20-13-6-4-5-7-14(13)21-15(18)16(3)22-17-8-10-19-11-9-17/h4-7,12H,8-11H2,1-3H3. The quantitative estimate of drug-likeness (QED) is 0.776. The second-order valence-corrected chi connectivity index (χ2v) is 6.33. The third kappa shape index (κ3) is 5.08. The summed E-state index contributed by atoms with van der Waals surface area (Å²) in [4.78, 5) is 12.2. The van der Waals surface area contributed by atoms with Gasteiger partial charge in [0.15, 0.2) is 11.5 Å². The highest BCUT2D eigenvalue weighted by molar-refractivity contribution is 7.95. The number of para-hydroxylation sites is 2. The fourth-order valence-electron chi connectivity index (χ4n) is 1.88. The Labute approximate surface area is 135 Å². The van der Waals surface area contributed by atoms with E-state index in [1.54, 1.807) is 19.2 Å². The minimum atomic E-state index is -0.434. The first-order valence-electron chi connectivity index (χ1n) is 7.28. The van der Waals surface area contributed by atoms with Crippen LogP contribution in [-0.2, 0) is 4.74 Å². The van der Waals surface area contributed by atoms with Crippen molar-refractivity contribution in [3.63, 3.8) is 0 Å². The van der Waals surface area contributed by atoms with E-state index in [-0.39, 0.29) is 6.10 Å². The van der Waals surface area contributed by atoms with Crippen molar-refractivity contribution in [3.8, 4) is 11.5 Å². The lowest BCUT2D eigenvalue weighted by molar-refractivity contribution is 0.0759. The van der Waals surface area contributed by atoms with E-state index in [2.05, 4.69) is 4.31 Å². The van der Waals surface area contributed by atoms with Gasteiger partial charge < -0.3 is 14.2 Å². The maximum atomic E-state index is 12.2. The van der Waals surface area contributed by atoms with Gasteiger partial charge in [-0.05, 0) is 26.0 Å². The van der Waals surface area contributed by atoms with E-state index < -0.39 is 6.09 Å². The maximum Gasteiger partial charge on any atom is 0.426 e. The van der Waals surface area contributed by atoms with Crippen LogP contribution in [0, 0.1) is 0 Å². The molecular formula is C15H22N2O4S. The molecule has 22 heavy (non-hydrogen) atoms. The summed E-state index contributed by atoms with van der Waals surface area (Å²) in [5.41, 5.74) is 0. The SMILES string of the molecule is CC(C)Oc1ccccc1OC(=O)N(C)SN1CCOCC1. The lowest BCUT2D eigenvalue weighted by Gasteiger charge is -2.28. The van der Waals surface area contributed by atoms with Crippen molar-refractivity contribution >= 4 is 18.2 Å². The van der Waals surface area contributed by atoms with Gasteiger partial charge >= 0.3 is 6.09 Å². The van der Waals surface area contributed by atoms with Gasteiger partial charge in [0.05, 0.1) is 19.3 Å². The van der Waals surface area contributed by atoms with Crippen molar-refractivity contribution in [1.82, 2.24) is 8.61 Å². The van der Waals surface area contributed by atoms with E-state index in [4.69, 9.17) is 14.2 Å². The molecule has 0 N–H and O–H groups in total. The highest BCUT2D eigenvalue weighted by atomic mass is 32.2. The van der Waals surface area contributed by atoms with E-state index in [0.29, 0.717) is 24.7 Å². The van der Waals surface area contributed by atoms with Gasteiger partial charge in [-0.2, -0.15) is 0 Å². The molecule has 0 unspecified atom stereocenters. The number of carbonyl (C=O) groups is 1. The average Bonchev–Trinajstić information content (AvgIpc) is 2.49. The Morgan fingerprint density at radius 1 is 1.27 bits per heavy atom. The molecule has 1 aliphatic rings. The Hall–Kier alpha value is -1.44. The van der Waals surface area contributed by atoms with Crippen LogP contribution in [0.3, 0.4) is 0 Å². The number of hydrogen-bond donors (Lipinski definition) is 0. The summed E-state index contributed by atoms with van der Waals surface area (Å²) < 4.78 is 19.9. The van der Waals surface area contributed by atoms with Crippen molar-refractivity contribution in [3.05, 3.63) is 24.3 Å². The summed E-state index contributed by atoms with van der Waals surface area (Å²) in [5.74, 6) is 0.992. The zero-order chi connectivity index (χ0) is 15.9. The number of nitrogens with zero attached hydrogens (tertiary/aromatic N) is 2. The molecule has 0 bridgehead atoms. The number of ether oxygens (including phenoxy) is 3. The van der Waals surface area contributed by atoms with Crippen molar-refractivity contribution in [2.24, 2.45) is 0 Å². The zero-order valence-corrected chi connectivity index (χ0v) is 14.0. The lowest BCUT2D eigenvalue weighted by atomic mass is 10.3. The van der Waals surface area contributed by atoms with E-state index in [1.165, 1.54) is 16.4 Å². The molecule has 0 radical (unpaired) electrons. The second-order valence-electron chi connectivity index (χ2n) is 5.10. The molecule has 0 saturated carbocycles. The summed E-state index contributed by atoms with van der Waals surface area (Å²) in [6.07, 6.45) is -0.420. The molecule has 1 heterocycles. The molecular weight excluding hydrogens is 304 g/mol. The Kier molecular flexibility index (Phi) is 6.35. The Morgan fingerprint density at radius 3 is 2.55 bits per heavy atom. The van der Waals surface area contributed by atoms with Gasteiger partial charge in [-0.1, -0.05) is 12.1 Å². The van der Waals surface area contributed by atoms with Crippen LogP contribution in [0.25, 0.3) is 0 Å². The van der Waals surface area contributed by atoms with Gasteiger partial charge in [-0.15, -0.1) is 0 Å². The van der Waals surface area contributed by atoms with Crippen LogP contribution in [0.15, 0.2) is 24.3 Å². The predicted molar refractivity (Wildman–Crippen MR) is 86.0 cm³/mol. The molecule has 0 aliphatic carbocycles. The fourth-order valence-corrected chi connectivity index (χ4v) is 2.64. The number of rotatable bonds is 5. The average molecular weight is 326 g/mol. The summed E-state index contributed by atoms with van der Waals surface area (Å²) in [6, 6.07) is 7.17. The van der Waals surface area contributed by atoms with Gasteiger partial charge in [0, 0.05) is 32.3 Å². The zero-order valence-electron chi connectivity index (χ0n) is 13.2. The molecule has 0 atom stereocenters. The minimum Gasteiger partial charge on any atom is -0.487 e. The fraction of sp³-hybridized carbons (Fsp3) is 0.533. The third-order valence-corrected chi connectivity index (χ3v) is 3.86. The maximum absolute atomic E-state index is 12.2. The molecule has 1 aliphatic heterocycles. The van der Waals surface area contributed by atoms with E-state index in [9.17, 15) is 4.79 Å². The van der Waals surface area contributed by atoms with Crippen LogP contribution >= 0.6 is 12.1 Å². The third-order valence-electron chi connectivity index (χ3n) is 2.87. The molecule has 1 aromatic rings. The highest BCUT2D eigenvalue weighted by Gasteiger charge is 2.20. The number of morpholine rings is 1. The van der Waals surface area contributed by atoms with Crippen molar-refractivity contribution < 1.29 is 19.0 Å². The van der Waals surface area contributed by atoms with Crippen molar-refractivity contribution in [2.45, 2.75) is 20.0 Å². The van der Waals surface area contributed by atoms with E-state index in [0.717, 1.165) is 13.1 Å². The molecule has 2 rings (SSSR count). The van der Waals surface area contributed by atoms with E-state index in [1.807, 2.05) is 26.0 Å². The monoisotopic (exact) mass is 326 g/mol. The number of amides is 1. The summed E-state index contributed by atoms with van der Waals surface area (Å²) >= 11 is 1.34. The first-order valence-corrected chi connectivity index (χ1v) is 8.01. The number of carbonyl (C=O) groups excluding carboxylic acids is 1. The Morgan fingerprint density at radius 2 is 1.91 bits per heavy atom.